The summed E-state index contributed by atoms with van der Waals surface area (Å²) in [5.41, 5.74) is -0.180. The van der Waals surface area contributed by atoms with Crippen molar-refractivity contribution in [1.29, 1.82) is 0 Å². The number of rotatable bonds is 7. The molecule has 0 radical (unpaired) electrons. The van der Waals surface area contributed by atoms with Crippen molar-refractivity contribution in [3.63, 3.8) is 0 Å². The molecule has 0 aliphatic heterocycles. The Kier molecular flexibility index (Phi) is 4.90. The highest BCUT2D eigenvalue weighted by Crippen LogP contribution is 2.42. The second-order valence-electron chi connectivity index (χ2n) is 4.70. The minimum absolute atomic E-state index is 0.170. The summed E-state index contributed by atoms with van der Waals surface area (Å²) in [7, 11) is 0. The van der Waals surface area contributed by atoms with Crippen LogP contribution in [0.2, 0.25) is 5.02 Å². The van der Waals surface area contributed by atoms with E-state index in [1.54, 1.807) is 18.0 Å². The molecule has 1 unspecified atom stereocenters. The third-order valence-corrected chi connectivity index (χ3v) is 5.04. The van der Waals surface area contributed by atoms with Gasteiger partial charge in [-0.2, -0.15) is 0 Å². The van der Waals surface area contributed by atoms with Gasteiger partial charge in [0.2, 0.25) is 0 Å². The molecule has 1 aliphatic carbocycles. The van der Waals surface area contributed by atoms with Crippen LogP contribution < -0.4 is 5.32 Å². The van der Waals surface area contributed by atoms with Crippen molar-refractivity contribution in [2.75, 3.05) is 18.9 Å². The Morgan fingerprint density at radius 1 is 1.61 bits per heavy atom. The molecule has 3 nitrogen and oxygen atoms in total. The largest absolute Gasteiger partial charge is 0.394 e. The summed E-state index contributed by atoms with van der Waals surface area (Å²) in [5, 5.41) is 14.7. The van der Waals surface area contributed by atoms with E-state index >= 15 is 0 Å². The summed E-state index contributed by atoms with van der Waals surface area (Å²) in [4.78, 5) is 4.28. The van der Waals surface area contributed by atoms with Gasteiger partial charge in [0, 0.05) is 11.9 Å². The zero-order valence-corrected chi connectivity index (χ0v) is 12.1. The Labute approximate surface area is 117 Å². The van der Waals surface area contributed by atoms with Crippen LogP contribution in [0.1, 0.15) is 19.8 Å². The van der Waals surface area contributed by atoms with Crippen LogP contribution in [0.5, 0.6) is 0 Å². The molecule has 1 heterocycles. The van der Waals surface area contributed by atoms with Crippen LogP contribution in [-0.2, 0) is 0 Å². The number of aliphatic hydroxyl groups excluding tert-OH is 1. The smallest absolute Gasteiger partial charge is 0.115 e. The van der Waals surface area contributed by atoms with Crippen LogP contribution in [0.4, 0.5) is 0 Å². The highest BCUT2D eigenvalue weighted by Gasteiger charge is 2.44. The van der Waals surface area contributed by atoms with E-state index < -0.39 is 0 Å². The van der Waals surface area contributed by atoms with E-state index in [0.29, 0.717) is 10.9 Å². The highest BCUT2D eigenvalue weighted by molar-refractivity contribution is 7.99. The Balaban J connectivity index is 2.03. The lowest BCUT2D eigenvalue weighted by molar-refractivity contribution is 0.161. The minimum atomic E-state index is -0.180. The molecule has 1 fully saturated rings. The van der Waals surface area contributed by atoms with Crippen LogP contribution in [0, 0.1) is 5.92 Å². The van der Waals surface area contributed by atoms with Crippen molar-refractivity contribution in [2.45, 2.75) is 30.3 Å². The molecule has 0 aromatic carbocycles. The Morgan fingerprint density at radius 3 is 2.94 bits per heavy atom. The van der Waals surface area contributed by atoms with Gasteiger partial charge in [-0.3, -0.25) is 0 Å². The second kappa shape index (κ2) is 6.24. The first kappa shape index (κ1) is 14.1. The Hall–Kier alpha value is -0.290. The summed E-state index contributed by atoms with van der Waals surface area (Å²) < 4.78 is 0. The second-order valence-corrected chi connectivity index (χ2v) is 6.07. The van der Waals surface area contributed by atoms with Gasteiger partial charge in [-0.25, -0.2) is 4.98 Å². The van der Waals surface area contributed by atoms with Crippen LogP contribution >= 0.6 is 23.4 Å². The molecule has 2 rings (SSSR count). The van der Waals surface area contributed by atoms with Crippen molar-refractivity contribution >= 4 is 23.4 Å². The summed E-state index contributed by atoms with van der Waals surface area (Å²) in [6.45, 7) is 3.11. The van der Waals surface area contributed by atoms with Gasteiger partial charge in [-0.1, -0.05) is 18.5 Å². The van der Waals surface area contributed by atoms with Crippen molar-refractivity contribution in [2.24, 2.45) is 5.92 Å². The molecule has 0 amide bonds. The molecule has 5 heteroatoms. The van der Waals surface area contributed by atoms with E-state index in [1.165, 1.54) is 12.8 Å². The van der Waals surface area contributed by atoms with Gasteiger partial charge in [0.05, 0.1) is 17.2 Å². The fourth-order valence-electron chi connectivity index (χ4n) is 2.21. The lowest BCUT2D eigenvalue weighted by Crippen LogP contribution is -2.52. The van der Waals surface area contributed by atoms with Gasteiger partial charge in [0.25, 0.3) is 0 Å². The average Bonchev–Trinajstić information content (AvgIpc) is 3.21. The van der Waals surface area contributed by atoms with E-state index in [1.807, 2.05) is 12.1 Å². The maximum atomic E-state index is 9.74. The van der Waals surface area contributed by atoms with E-state index in [0.717, 1.165) is 17.3 Å². The first-order valence-corrected chi connectivity index (χ1v) is 7.67. The van der Waals surface area contributed by atoms with Crippen LogP contribution in [-0.4, -0.2) is 34.5 Å². The molecule has 2 N–H and O–H groups in total. The molecule has 100 valence electrons. The normalized spacial score (nSPS) is 18.6. The topological polar surface area (TPSA) is 45.1 Å². The standard InChI is InChI=1S/C13H19ClN2OS/c1-2-16-13(8-17,10-5-6-10)9-18-12-11(14)4-3-7-15-12/h3-4,7,10,16-17H,2,5-6,8-9H2,1H3. The van der Waals surface area contributed by atoms with Gasteiger partial charge in [-0.15, -0.1) is 11.8 Å². The molecule has 1 saturated carbocycles. The van der Waals surface area contributed by atoms with Gasteiger partial charge in [0.1, 0.15) is 5.03 Å². The summed E-state index contributed by atoms with van der Waals surface area (Å²) in [5.74, 6) is 1.39. The van der Waals surface area contributed by atoms with Gasteiger partial charge < -0.3 is 10.4 Å². The SMILES string of the molecule is CCNC(CO)(CSc1ncccc1Cl)C1CC1. The van der Waals surface area contributed by atoms with Gasteiger partial charge in [-0.05, 0) is 37.4 Å². The monoisotopic (exact) mass is 286 g/mol. The predicted octanol–water partition coefficient (Wildman–Crippen LogP) is 2.58. The number of nitrogens with one attached hydrogen (secondary N) is 1. The zero-order valence-electron chi connectivity index (χ0n) is 10.5. The maximum Gasteiger partial charge on any atom is 0.115 e. The average molecular weight is 287 g/mol. The Bertz CT molecular complexity index is 400. The van der Waals surface area contributed by atoms with E-state index in [4.69, 9.17) is 11.6 Å². The predicted molar refractivity (Wildman–Crippen MR) is 76.2 cm³/mol. The Morgan fingerprint density at radius 2 is 2.39 bits per heavy atom. The number of nitrogens with zero attached hydrogens (tertiary/aromatic N) is 1. The molecule has 1 aromatic heterocycles. The summed E-state index contributed by atoms with van der Waals surface area (Å²) >= 11 is 7.72. The summed E-state index contributed by atoms with van der Waals surface area (Å²) in [6.07, 6.45) is 4.15. The molecule has 1 aliphatic rings. The fraction of sp³-hybridized carbons (Fsp3) is 0.615. The van der Waals surface area contributed by atoms with Crippen LogP contribution in [0.25, 0.3) is 0 Å². The molecule has 0 spiro atoms. The van der Waals surface area contributed by atoms with E-state index in [-0.39, 0.29) is 12.1 Å². The number of hydrogen-bond donors (Lipinski definition) is 2. The first-order valence-electron chi connectivity index (χ1n) is 6.31. The first-order chi connectivity index (χ1) is 8.72. The number of hydrogen-bond acceptors (Lipinski definition) is 4. The number of pyridine rings is 1. The quantitative estimate of drug-likeness (QED) is 0.756. The number of thioether (sulfide) groups is 1. The lowest BCUT2D eigenvalue weighted by atomic mass is 9.97. The van der Waals surface area contributed by atoms with Crippen molar-refractivity contribution < 1.29 is 5.11 Å². The number of likely N-dealkylation sites (N-methyl/N-ethyl adjacent to an activating group) is 1. The van der Waals surface area contributed by atoms with Crippen molar-refractivity contribution in [3.05, 3.63) is 23.4 Å². The third kappa shape index (κ3) is 3.18. The zero-order chi connectivity index (χ0) is 13.0. The molecule has 1 aromatic rings. The minimum Gasteiger partial charge on any atom is -0.394 e. The summed E-state index contributed by atoms with van der Waals surface area (Å²) in [6, 6.07) is 3.68. The molecule has 18 heavy (non-hydrogen) atoms. The molecule has 0 bridgehead atoms. The lowest BCUT2D eigenvalue weighted by Gasteiger charge is -2.32. The van der Waals surface area contributed by atoms with Crippen molar-refractivity contribution in [3.8, 4) is 0 Å². The maximum absolute atomic E-state index is 9.74. The molecular formula is C13H19ClN2OS. The van der Waals surface area contributed by atoms with E-state index in [2.05, 4.69) is 17.2 Å². The van der Waals surface area contributed by atoms with Crippen LogP contribution in [0.15, 0.2) is 23.4 Å². The highest BCUT2D eigenvalue weighted by atomic mass is 35.5. The molecule has 1 atom stereocenters. The molecule has 0 saturated heterocycles. The van der Waals surface area contributed by atoms with Gasteiger partial charge in [0.15, 0.2) is 0 Å². The number of halogens is 1. The van der Waals surface area contributed by atoms with E-state index in [9.17, 15) is 5.11 Å². The third-order valence-electron chi connectivity index (χ3n) is 3.36. The fourth-order valence-corrected chi connectivity index (χ4v) is 3.66. The molecular weight excluding hydrogens is 268 g/mol. The number of aliphatic hydroxyl groups is 1. The van der Waals surface area contributed by atoms with Crippen molar-refractivity contribution in [1.82, 2.24) is 10.3 Å². The van der Waals surface area contributed by atoms with Crippen LogP contribution in [0.3, 0.4) is 0 Å². The number of aromatic nitrogens is 1. The van der Waals surface area contributed by atoms with Gasteiger partial charge >= 0.3 is 0 Å².